The standard InChI is InChI=1S/C24H19FN8O/c25-16-5-8-17(9-6-16)30-24(34)31-19-3-1-2-18(12-19)29-23-26-11-10-22(32-23)28-20-7-4-15-14-27-33-21(15)13-20/h1-14H,(H,27,33)(H2,30,31,34)(H2,26,28,29,32). The highest BCUT2D eigenvalue weighted by molar-refractivity contribution is 6.00. The van der Waals surface area contributed by atoms with Crippen molar-refractivity contribution in [2.75, 3.05) is 21.3 Å². The van der Waals surface area contributed by atoms with E-state index in [9.17, 15) is 9.18 Å². The van der Waals surface area contributed by atoms with Gasteiger partial charge in [-0.15, -0.1) is 0 Å². The van der Waals surface area contributed by atoms with Crippen molar-refractivity contribution >= 4 is 51.4 Å². The molecule has 5 N–H and O–H groups in total. The fourth-order valence-corrected chi connectivity index (χ4v) is 3.28. The number of aromatic amines is 1. The quantitative estimate of drug-likeness (QED) is 0.227. The summed E-state index contributed by atoms with van der Waals surface area (Å²) >= 11 is 0. The number of benzene rings is 3. The largest absolute Gasteiger partial charge is 0.340 e. The van der Waals surface area contributed by atoms with Gasteiger partial charge in [0.25, 0.3) is 0 Å². The number of carbonyl (C=O) groups is 1. The molecule has 0 saturated carbocycles. The third kappa shape index (κ3) is 5.07. The summed E-state index contributed by atoms with van der Waals surface area (Å²) in [5.41, 5.74) is 3.52. The van der Waals surface area contributed by atoms with Crippen LogP contribution in [0.1, 0.15) is 0 Å². The number of urea groups is 1. The number of fused-ring (bicyclic) bond motifs is 1. The number of amides is 2. The summed E-state index contributed by atoms with van der Waals surface area (Å²) in [5, 5.41) is 19.8. The number of nitrogens with one attached hydrogen (secondary N) is 5. The first-order valence-corrected chi connectivity index (χ1v) is 10.3. The zero-order chi connectivity index (χ0) is 23.3. The van der Waals surface area contributed by atoms with E-state index in [1.807, 2.05) is 24.3 Å². The predicted molar refractivity (Wildman–Crippen MR) is 130 cm³/mol. The SMILES string of the molecule is O=C(Nc1ccc(F)cc1)Nc1cccc(Nc2nccc(Nc3ccc4cn[nH]c4c3)n2)c1. The van der Waals surface area contributed by atoms with Crippen LogP contribution in [-0.4, -0.2) is 26.2 Å². The summed E-state index contributed by atoms with van der Waals surface area (Å²) in [5.74, 6) is 0.634. The Balaban J connectivity index is 1.24. The van der Waals surface area contributed by atoms with Crippen LogP contribution in [0.3, 0.4) is 0 Å². The van der Waals surface area contributed by atoms with Crippen LogP contribution in [0.25, 0.3) is 10.9 Å². The van der Waals surface area contributed by atoms with Gasteiger partial charge in [-0.2, -0.15) is 10.1 Å². The lowest BCUT2D eigenvalue weighted by Gasteiger charge is -2.11. The maximum absolute atomic E-state index is 13.0. The zero-order valence-electron chi connectivity index (χ0n) is 17.7. The molecule has 0 saturated heterocycles. The monoisotopic (exact) mass is 454 g/mol. The second kappa shape index (κ2) is 9.25. The predicted octanol–water partition coefficient (Wildman–Crippen LogP) is 5.62. The second-order valence-corrected chi connectivity index (χ2v) is 7.35. The normalized spacial score (nSPS) is 10.6. The van der Waals surface area contributed by atoms with Crippen molar-refractivity contribution in [3.05, 3.63) is 91.0 Å². The molecule has 2 aromatic heterocycles. The summed E-state index contributed by atoms with van der Waals surface area (Å²) in [6, 6.07) is 19.8. The van der Waals surface area contributed by atoms with Crippen LogP contribution < -0.4 is 21.3 Å². The molecule has 0 bridgehead atoms. The van der Waals surface area contributed by atoms with Crippen LogP contribution >= 0.6 is 0 Å². The Kier molecular flexibility index (Phi) is 5.68. The van der Waals surface area contributed by atoms with Gasteiger partial charge in [-0.3, -0.25) is 5.10 Å². The number of rotatable bonds is 6. The molecule has 2 heterocycles. The number of aromatic nitrogens is 4. The molecule has 0 fully saturated rings. The summed E-state index contributed by atoms with van der Waals surface area (Å²) in [6.07, 6.45) is 3.41. The molecule has 0 aliphatic heterocycles. The van der Waals surface area contributed by atoms with Crippen molar-refractivity contribution < 1.29 is 9.18 Å². The molecule has 9 nitrogen and oxygen atoms in total. The van der Waals surface area contributed by atoms with E-state index in [1.165, 1.54) is 24.3 Å². The van der Waals surface area contributed by atoms with Crippen molar-refractivity contribution in [1.29, 1.82) is 0 Å². The Hall–Kier alpha value is -4.99. The maximum Gasteiger partial charge on any atom is 0.323 e. The molecule has 5 aromatic rings. The van der Waals surface area contributed by atoms with Gasteiger partial charge in [-0.25, -0.2) is 14.2 Å². The van der Waals surface area contributed by atoms with Gasteiger partial charge in [0, 0.05) is 34.3 Å². The van der Waals surface area contributed by atoms with Crippen LogP contribution in [0.2, 0.25) is 0 Å². The smallest absolute Gasteiger partial charge is 0.323 e. The summed E-state index contributed by atoms with van der Waals surface area (Å²) in [7, 11) is 0. The molecular formula is C24H19FN8O. The molecule has 0 unspecified atom stereocenters. The highest BCUT2D eigenvalue weighted by atomic mass is 19.1. The third-order valence-electron chi connectivity index (χ3n) is 4.85. The van der Waals surface area contributed by atoms with Gasteiger partial charge in [0.1, 0.15) is 11.6 Å². The van der Waals surface area contributed by atoms with Crippen LogP contribution in [-0.2, 0) is 0 Å². The average molecular weight is 454 g/mol. The first-order chi connectivity index (χ1) is 16.6. The van der Waals surface area contributed by atoms with Crippen molar-refractivity contribution in [2.24, 2.45) is 0 Å². The first kappa shape index (κ1) is 20.9. The van der Waals surface area contributed by atoms with Crippen LogP contribution in [0.15, 0.2) is 85.2 Å². The number of halogens is 1. The van der Waals surface area contributed by atoms with Gasteiger partial charge in [0.2, 0.25) is 5.95 Å². The lowest BCUT2D eigenvalue weighted by Crippen LogP contribution is -2.19. The Labute approximate surface area is 193 Å². The minimum absolute atomic E-state index is 0.370. The Morgan fingerprint density at radius 2 is 1.59 bits per heavy atom. The van der Waals surface area contributed by atoms with E-state index in [4.69, 9.17) is 0 Å². The van der Waals surface area contributed by atoms with Gasteiger partial charge in [0.05, 0.1) is 11.7 Å². The van der Waals surface area contributed by atoms with Crippen molar-refractivity contribution in [3.63, 3.8) is 0 Å². The van der Waals surface area contributed by atoms with E-state index < -0.39 is 6.03 Å². The summed E-state index contributed by atoms with van der Waals surface area (Å²) in [6.45, 7) is 0. The molecule has 2 amide bonds. The van der Waals surface area contributed by atoms with Gasteiger partial charge in [0.15, 0.2) is 0 Å². The van der Waals surface area contributed by atoms with E-state index in [0.29, 0.717) is 28.8 Å². The average Bonchev–Trinajstić information content (AvgIpc) is 3.29. The topological polar surface area (TPSA) is 120 Å². The summed E-state index contributed by atoms with van der Waals surface area (Å²) in [4.78, 5) is 21.0. The van der Waals surface area contributed by atoms with E-state index in [2.05, 4.69) is 41.4 Å². The molecule has 5 rings (SSSR count). The number of anilines is 6. The zero-order valence-corrected chi connectivity index (χ0v) is 17.7. The number of carbonyl (C=O) groups excluding carboxylic acids is 1. The number of H-pyrrole nitrogens is 1. The third-order valence-corrected chi connectivity index (χ3v) is 4.85. The van der Waals surface area contributed by atoms with Crippen LogP contribution in [0.4, 0.5) is 43.7 Å². The Morgan fingerprint density at radius 3 is 2.47 bits per heavy atom. The van der Waals surface area contributed by atoms with E-state index in [-0.39, 0.29) is 5.82 Å². The van der Waals surface area contributed by atoms with E-state index in [0.717, 1.165) is 16.6 Å². The van der Waals surface area contributed by atoms with Crippen molar-refractivity contribution in [3.8, 4) is 0 Å². The molecule has 0 radical (unpaired) electrons. The van der Waals surface area contributed by atoms with Crippen LogP contribution in [0, 0.1) is 5.82 Å². The molecule has 3 aromatic carbocycles. The van der Waals surface area contributed by atoms with Gasteiger partial charge in [-0.05, 0) is 66.7 Å². The molecule has 0 atom stereocenters. The highest BCUT2D eigenvalue weighted by Crippen LogP contribution is 2.22. The van der Waals surface area contributed by atoms with Gasteiger partial charge >= 0.3 is 6.03 Å². The van der Waals surface area contributed by atoms with Crippen molar-refractivity contribution in [2.45, 2.75) is 0 Å². The number of hydrogen-bond donors (Lipinski definition) is 5. The maximum atomic E-state index is 13.0. The number of nitrogens with zero attached hydrogens (tertiary/aromatic N) is 3. The van der Waals surface area contributed by atoms with Crippen molar-refractivity contribution in [1.82, 2.24) is 20.2 Å². The Morgan fingerprint density at radius 1 is 0.824 bits per heavy atom. The minimum Gasteiger partial charge on any atom is -0.340 e. The van der Waals surface area contributed by atoms with Crippen LogP contribution in [0.5, 0.6) is 0 Å². The lowest BCUT2D eigenvalue weighted by molar-refractivity contribution is 0.262. The molecule has 10 heteroatoms. The van der Waals surface area contributed by atoms with E-state index in [1.54, 1.807) is 36.7 Å². The first-order valence-electron chi connectivity index (χ1n) is 10.3. The highest BCUT2D eigenvalue weighted by Gasteiger charge is 2.06. The second-order valence-electron chi connectivity index (χ2n) is 7.35. The minimum atomic E-state index is -0.444. The van der Waals surface area contributed by atoms with Gasteiger partial charge in [-0.1, -0.05) is 6.07 Å². The summed E-state index contributed by atoms with van der Waals surface area (Å²) < 4.78 is 13.0. The van der Waals surface area contributed by atoms with E-state index >= 15 is 0 Å². The fourth-order valence-electron chi connectivity index (χ4n) is 3.28. The van der Waals surface area contributed by atoms with Gasteiger partial charge < -0.3 is 21.3 Å². The molecule has 0 aliphatic rings. The molecule has 34 heavy (non-hydrogen) atoms. The molecular weight excluding hydrogens is 435 g/mol. The number of hydrogen-bond acceptors (Lipinski definition) is 6. The molecule has 0 aliphatic carbocycles. The molecule has 168 valence electrons. The molecule has 0 spiro atoms. The lowest BCUT2D eigenvalue weighted by atomic mass is 10.2. The fraction of sp³-hybridized carbons (Fsp3) is 0. The Bertz CT molecular complexity index is 1450.